The number of anilines is 1. The Kier molecular flexibility index (Phi) is 5.79. The average molecular weight is 388 g/mol. The zero-order valence-electron chi connectivity index (χ0n) is 15.7. The smallest absolute Gasteiger partial charge is 0.255 e. The second kappa shape index (κ2) is 8.08. The van der Waals surface area contributed by atoms with Crippen molar-refractivity contribution < 1.29 is 13.2 Å². The van der Waals surface area contributed by atoms with Crippen molar-refractivity contribution in [3.63, 3.8) is 0 Å². The summed E-state index contributed by atoms with van der Waals surface area (Å²) >= 11 is 0. The number of pyridine rings is 1. The van der Waals surface area contributed by atoms with Gasteiger partial charge in [-0.1, -0.05) is 24.3 Å². The van der Waals surface area contributed by atoms with Gasteiger partial charge in [0, 0.05) is 25.3 Å². The van der Waals surface area contributed by atoms with Gasteiger partial charge in [-0.3, -0.25) is 4.79 Å². The molecule has 1 unspecified atom stereocenters. The number of hydrogen-bond donors (Lipinski definition) is 1. The molecule has 1 amide bonds. The molecule has 1 aliphatic heterocycles. The first-order valence-corrected chi connectivity index (χ1v) is 11.0. The van der Waals surface area contributed by atoms with Crippen LogP contribution in [0.5, 0.6) is 0 Å². The van der Waals surface area contributed by atoms with Crippen LogP contribution in [0.15, 0.2) is 42.6 Å². The quantitative estimate of drug-likeness (QED) is 0.824. The maximum atomic E-state index is 12.8. The molecule has 144 valence electrons. The van der Waals surface area contributed by atoms with Crippen LogP contribution in [-0.4, -0.2) is 48.3 Å². The lowest BCUT2D eigenvalue weighted by Gasteiger charge is -2.26. The van der Waals surface area contributed by atoms with Crippen molar-refractivity contribution in [1.29, 1.82) is 0 Å². The molecule has 0 saturated carbocycles. The second-order valence-electron chi connectivity index (χ2n) is 6.86. The third-order valence-corrected chi connectivity index (χ3v) is 6.73. The van der Waals surface area contributed by atoms with Gasteiger partial charge >= 0.3 is 0 Å². The summed E-state index contributed by atoms with van der Waals surface area (Å²) in [6.07, 6.45) is 2.06. The minimum atomic E-state index is -3.03. The molecule has 6 nitrogen and oxygen atoms in total. The first-order valence-electron chi connectivity index (χ1n) is 9.15. The van der Waals surface area contributed by atoms with Crippen LogP contribution in [-0.2, 0) is 16.4 Å². The van der Waals surface area contributed by atoms with E-state index >= 15 is 0 Å². The number of nitrogens with one attached hydrogen (secondary N) is 1. The summed E-state index contributed by atoms with van der Waals surface area (Å²) in [5, 5.41) is 3.26. The minimum absolute atomic E-state index is 0.0517. The van der Waals surface area contributed by atoms with Crippen molar-refractivity contribution >= 4 is 21.6 Å². The average Bonchev–Trinajstić information content (AvgIpc) is 3.01. The molecule has 1 atom stereocenters. The van der Waals surface area contributed by atoms with Crippen LogP contribution in [0.4, 0.5) is 5.82 Å². The molecule has 1 aromatic carbocycles. The molecular formula is C20H25N3O3S. The molecule has 7 heteroatoms. The van der Waals surface area contributed by atoms with Crippen LogP contribution in [0.25, 0.3) is 0 Å². The van der Waals surface area contributed by atoms with Crippen molar-refractivity contribution in [1.82, 2.24) is 9.88 Å². The van der Waals surface area contributed by atoms with Crippen molar-refractivity contribution in [3.8, 4) is 0 Å². The Morgan fingerprint density at radius 2 is 2.04 bits per heavy atom. The number of sulfone groups is 1. The number of aryl methyl sites for hydroxylation is 1. The van der Waals surface area contributed by atoms with Crippen LogP contribution in [0.1, 0.15) is 34.8 Å². The zero-order valence-corrected chi connectivity index (χ0v) is 16.5. The maximum absolute atomic E-state index is 12.8. The number of nitrogens with zero attached hydrogens (tertiary/aromatic N) is 2. The highest BCUT2D eigenvalue weighted by atomic mass is 32.2. The summed E-state index contributed by atoms with van der Waals surface area (Å²) in [5.74, 6) is 0.733. The topological polar surface area (TPSA) is 79.4 Å². The number of aromatic nitrogens is 1. The summed E-state index contributed by atoms with van der Waals surface area (Å²) in [5.41, 5.74) is 2.88. The lowest BCUT2D eigenvalue weighted by molar-refractivity contribution is 0.0708. The van der Waals surface area contributed by atoms with E-state index in [0.29, 0.717) is 30.9 Å². The second-order valence-corrected chi connectivity index (χ2v) is 9.09. The van der Waals surface area contributed by atoms with E-state index in [-0.39, 0.29) is 23.5 Å². The van der Waals surface area contributed by atoms with Gasteiger partial charge < -0.3 is 10.2 Å². The number of carbonyl (C=O) groups excluding carboxylic acids is 1. The lowest BCUT2D eigenvalue weighted by atomic mass is 10.1. The first kappa shape index (κ1) is 19.4. The van der Waals surface area contributed by atoms with Gasteiger partial charge in [0.1, 0.15) is 5.82 Å². The molecule has 1 aromatic heterocycles. The first-order chi connectivity index (χ1) is 12.9. The van der Waals surface area contributed by atoms with Crippen molar-refractivity contribution in [2.24, 2.45) is 0 Å². The van der Waals surface area contributed by atoms with Crippen LogP contribution < -0.4 is 5.32 Å². The van der Waals surface area contributed by atoms with Gasteiger partial charge in [-0.2, -0.15) is 0 Å². The fourth-order valence-corrected chi connectivity index (χ4v) is 5.10. The van der Waals surface area contributed by atoms with Gasteiger partial charge in [0.05, 0.1) is 17.1 Å². The molecule has 0 aliphatic carbocycles. The summed E-state index contributed by atoms with van der Waals surface area (Å²) < 4.78 is 23.4. The van der Waals surface area contributed by atoms with Gasteiger partial charge in [-0.05, 0) is 43.5 Å². The van der Waals surface area contributed by atoms with Crippen LogP contribution in [0.3, 0.4) is 0 Å². The minimum Gasteiger partial charge on any atom is -0.366 e. The summed E-state index contributed by atoms with van der Waals surface area (Å²) in [6, 6.07) is 11.4. The Balaban J connectivity index is 1.65. The summed E-state index contributed by atoms with van der Waals surface area (Å²) in [7, 11) is -3.03. The van der Waals surface area contributed by atoms with E-state index in [9.17, 15) is 13.2 Å². The van der Waals surface area contributed by atoms with Gasteiger partial charge in [-0.15, -0.1) is 0 Å². The molecule has 0 radical (unpaired) electrons. The van der Waals surface area contributed by atoms with Crippen molar-refractivity contribution in [2.75, 3.05) is 23.4 Å². The third-order valence-electron chi connectivity index (χ3n) is 4.98. The number of rotatable bonds is 6. The van der Waals surface area contributed by atoms with Crippen LogP contribution in [0.2, 0.25) is 0 Å². The molecule has 1 aliphatic rings. The Morgan fingerprint density at radius 3 is 2.63 bits per heavy atom. The molecular weight excluding hydrogens is 362 g/mol. The molecule has 2 aromatic rings. The molecule has 0 spiro atoms. The van der Waals surface area contributed by atoms with Crippen LogP contribution in [0, 0.1) is 6.92 Å². The van der Waals surface area contributed by atoms with E-state index in [1.54, 1.807) is 23.2 Å². The van der Waals surface area contributed by atoms with E-state index in [4.69, 9.17) is 0 Å². The van der Waals surface area contributed by atoms with Crippen molar-refractivity contribution in [3.05, 3.63) is 59.3 Å². The maximum Gasteiger partial charge on any atom is 0.255 e. The highest BCUT2D eigenvalue weighted by Crippen LogP contribution is 2.20. The number of benzene rings is 1. The molecule has 0 bridgehead atoms. The highest BCUT2D eigenvalue weighted by molar-refractivity contribution is 7.91. The molecule has 3 rings (SSSR count). The fraction of sp³-hybridized carbons (Fsp3) is 0.400. The monoisotopic (exact) mass is 387 g/mol. The van der Waals surface area contributed by atoms with E-state index in [2.05, 4.69) is 29.4 Å². The van der Waals surface area contributed by atoms with Gasteiger partial charge in [0.2, 0.25) is 0 Å². The Hall–Kier alpha value is -2.41. The van der Waals surface area contributed by atoms with Gasteiger partial charge in [0.15, 0.2) is 9.84 Å². The van der Waals surface area contributed by atoms with E-state index < -0.39 is 9.84 Å². The number of hydrogen-bond acceptors (Lipinski definition) is 5. The predicted octanol–water partition coefficient (Wildman–Crippen LogP) is 2.65. The van der Waals surface area contributed by atoms with E-state index in [1.807, 2.05) is 19.1 Å². The highest BCUT2D eigenvalue weighted by Gasteiger charge is 2.34. The number of amides is 1. The summed E-state index contributed by atoms with van der Waals surface area (Å²) in [6.45, 7) is 5.07. The summed E-state index contributed by atoms with van der Waals surface area (Å²) in [4.78, 5) is 18.8. The van der Waals surface area contributed by atoms with Gasteiger partial charge in [0.25, 0.3) is 5.91 Å². The third kappa shape index (κ3) is 4.66. The molecule has 1 fully saturated rings. The SMILES string of the molecule is CCN(C(=O)c1ccc(NCc2ccccc2C)nc1)C1CCS(=O)(=O)C1. The van der Waals surface area contributed by atoms with E-state index in [0.717, 1.165) is 0 Å². The predicted molar refractivity (Wildman–Crippen MR) is 107 cm³/mol. The van der Waals surface area contributed by atoms with E-state index in [1.165, 1.54) is 11.1 Å². The molecule has 2 heterocycles. The Bertz CT molecular complexity index is 910. The van der Waals surface area contributed by atoms with Gasteiger partial charge in [-0.25, -0.2) is 13.4 Å². The fourth-order valence-electron chi connectivity index (χ4n) is 3.37. The number of carbonyl (C=O) groups is 1. The molecule has 1 saturated heterocycles. The van der Waals surface area contributed by atoms with Crippen molar-refractivity contribution in [2.45, 2.75) is 32.9 Å². The lowest BCUT2D eigenvalue weighted by Crippen LogP contribution is -2.41. The van der Waals surface area contributed by atoms with Crippen LogP contribution >= 0.6 is 0 Å². The molecule has 27 heavy (non-hydrogen) atoms. The Morgan fingerprint density at radius 1 is 1.26 bits per heavy atom. The largest absolute Gasteiger partial charge is 0.366 e. The normalized spacial score (nSPS) is 18.2. The zero-order chi connectivity index (χ0) is 19.4. The standard InChI is InChI=1S/C20H25N3O3S/c1-3-23(18-10-11-27(25,26)14-18)20(24)17-8-9-19(22-13-17)21-12-16-7-5-4-6-15(16)2/h4-9,13,18H,3,10-12,14H2,1-2H3,(H,21,22). The molecule has 1 N–H and O–H groups in total. The Labute approximate surface area is 160 Å².